The number of hydrogen-bond donors (Lipinski definition) is 1. The molecule has 0 unspecified atom stereocenters. The van der Waals surface area contributed by atoms with Gasteiger partial charge in [0.15, 0.2) is 0 Å². The summed E-state index contributed by atoms with van der Waals surface area (Å²) in [7, 11) is 0. The largest absolute Gasteiger partial charge is 0.480 e. The third kappa shape index (κ3) is 3.56. The van der Waals surface area contributed by atoms with Crippen molar-refractivity contribution in [2.24, 2.45) is 0 Å². The molecule has 0 spiro atoms. The van der Waals surface area contributed by atoms with Gasteiger partial charge in [0.05, 0.1) is 5.02 Å². The minimum atomic E-state index is -1.14. The van der Waals surface area contributed by atoms with Crippen molar-refractivity contribution in [3.05, 3.63) is 47.3 Å². The Hall–Kier alpha value is -1.88. The summed E-state index contributed by atoms with van der Waals surface area (Å²) in [5.41, 5.74) is 0.129. The molecule has 1 aromatic rings. The Morgan fingerprint density at radius 1 is 1.50 bits per heavy atom. The van der Waals surface area contributed by atoms with Crippen LogP contribution < -0.4 is 0 Å². The molecule has 6 heteroatoms. The summed E-state index contributed by atoms with van der Waals surface area (Å²) in [6.07, 6.45) is 1.41. The van der Waals surface area contributed by atoms with E-state index >= 15 is 0 Å². The zero-order chi connectivity index (χ0) is 13.7. The summed E-state index contributed by atoms with van der Waals surface area (Å²) < 4.78 is 13.0. The Labute approximate surface area is 108 Å². The monoisotopic (exact) mass is 271 g/mol. The van der Waals surface area contributed by atoms with Gasteiger partial charge in [0, 0.05) is 12.1 Å². The SMILES string of the molecule is C=CCN(CC(=O)O)C(=O)c1ccc(F)c(Cl)c1. The lowest BCUT2D eigenvalue weighted by Gasteiger charge is -2.18. The lowest BCUT2D eigenvalue weighted by molar-refractivity contribution is -0.137. The Kier molecular flexibility index (Phi) is 4.85. The fourth-order valence-electron chi connectivity index (χ4n) is 1.35. The lowest BCUT2D eigenvalue weighted by Crippen LogP contribution is -2.35. The van der Waals surface area contributed by atoms with Crippen molar-refractivity contribution in [1.82, 2.24) is 4.90 Å². The molecular weight excluding hydrogens is 261 g/mol. The predicted molar refractivity (Wildman–Crippen MR) is 65.1 cm³/mol. The van der Waals surface area contributed by atoms with Gasteiger partial charge in [0.1, 0.15) is 12.4 Å². The molecule has 1 rings (SSSR count). The van der Waals surface area contributed by atoms with E-state index in [0.717, 1.165) is 17.0 Å². The Balaban J connectivity index is 2.97. The Morgan fingerprint density at radius 2 is 2.17 bits per heavy atom. The maximum absolute atomic E-state index is 13.0. The Bertz CT molecular complexity index is 490. The number of halogens is 2. The molecule has 1 amide bonds. The van der Waals surface area contributed by atoms with Crippen LogP contribution in [0.2, 0.25) is 5.02 Å². The number of carbonyl (C=O) groups excluding carboxylic acids is 1. The highest BCUT2D eigenvalue weighted by atomic mass is 35.5. The number of rotatable bonds is 5. The van der Waals surface area contributed by atoms with Crippen LogP contribution in [-0.4, -0.2) is 35.0 Å². The quantitative estimate of drug-likeness (QED) is 0.835. The van der Waals surface area contributed by atoms with E-state index in [2.05, 4.69) is 6.58 Å². The topological polar surface area (TPSA) is 57.6 Å². The molecule has 96 valence electrons. The number of carbonyl (C=O) groups is 2. The second kappa shape index (κ2) is 6.16. The van der Waals surface area contributed by atoms with Gasteiger partial charge in [-0.15, -0.1) is 6.58 Å². The maximum Gasteiger partial charge on any atom is 0.323 e. The number of aliphatic carboxylic acids is 1. The van der Waals surface area contributed by atoms with Gasteiger partial charge in [-0.1, -0.05) is 17.7 Å². The van der Waals surface area contributed by atoms with Gasteiger partial charge in [-0.25, -0.2) is 4.39 Å². The lowest BCUT2D eigenvalue weighted by atomic mass is 10.2. The molecule has 0 saturated heterocycles. The van der Waals surface area contributed by atoms with Crippen molar-refractivity contribution < 1.29 is 19.1 Å². The average Bonchev–Trinajstić information content (AvgIpc) is 2.31. The van der Waals surface area contributed by atoms with E-state index in [4.69, 9.17) is 16.7 Å². The minimum absolute atomic E-state index is 0.0835. The van der Waals surface area contributed by atoms with Crippen LogP contribution in [0.4, 0.5) is 4.39 Å². The van der Waals surface area contributed by atoms with Gasteiger partial charge >= 0.3 is 5.97 Å². The van der Waals surface area contributed by atoms with Gasteiger partial charge in [0.2, 0.25) is 0 Å². The van der Waals surface area contributed by atoms with Crippen molar-refractivity contribution in [3.8, 4) is 0 Å². The molecule has 0 aromatic heterocycles. The van der Waals surface area contributed by atoms with E-state index < -0.39 is 24.2 Å². The first-order chi connectivity index (χ1) is 8.45. The molecule has 0 atom stereocenters. The van der Waals surface area contributed by atoms with Crippen molar-refractivity contribution in [1.29, 1.82) is 0 Å². The molecule has 1 aromatic carbocycles. The summed E-state index contributed by atoms with van der Waals surface area (Å²) >= 11 is 5.56. The van der Waals surface area contributed by atoms with Gasteiger partial charge in [-0.2, -0.15) is 0 Å². The molecule has 1 N–H and O–H groups in total. The number of amides is 1. The molecule has 0 radical (unpaired) electrons. The van der Waals surface area contributed by atoms with Crippen molar-refractivity contribution in [3.63, 3.8) is 0 Å². The molecule has 0 aliphatic carbocycles. The average molecular weight is 272 g/mol. The first-order valence-electron chi connectivity index (χ1n) is 5.02. The number of benzene rings is 1. The van der Waals surface area contributed by atoms with Gasteiger partial charge in [-0.05, 0) is 18.2 Å². The summed E-state index contributed by atoms with van der Waals surface area (Å²) in [6.45, 7) is 3.07. The predicted octanol–water partition coefficient (Wildman–Crippen LogP) is 2.19. The first kappa shape index (κ1) is 14.2. The van der Waals surface area contributed by atoms with Crippen LogP contribution in [0.3, 0.4) is 0 Å². The van der Waals surface area contributed by atoms with Gasteiger partial charge in [-0.3, -0.25) is 9.59 Å². The van der Waals surface area contributed by atoms with E-state index in [0.29, 0.717) is 0 Å². The van der Waals surface area contributed by atoms with Gasteiger partial charge in [0.25, 0.3) is 5.91 Å². The second-order valence-electron chi connectivity index (χ2n) is 3.50. The molecule has 0 aliphatic rings. The Morgan fingerprint density at radius 3 is 2.67 bits per heavy atom. The van der Waals surface area contributed by atoms with E-state index in [9.17, 15) is 14.0 Å². The molecule has 0 saturated carbocycles. The number of hydrogen-bond acceptors (Lipinski definition) is 2. The van der Waals surface area contributed by atoms with Crippen LogP contribution in [0.5, 0.6) is 0 Å². The highest BCUT2D eigenvalue weighted by Crippen LogP contribution is 2.17. The van der Waals surface area contributed by atoms with Crippen LogP contribution in [0.15, 0.2) is 30.9 Å². The van der Waals surface area contributed by atoms with Crippen LogP contribution in [-0.2, 0) is 4.79 Å². The standard InChI is InChI=1S/C12H11ClFNO3/c1-2-5-15(7-11(16)17)12(18)8-3-4-10(14)9(13)6-8/h2-4,6H,1,5,7H2,(H,16,17). The summed E-state index contributed by atoms with van der Waals surface area (Å²) in [5.74, 6) is -2.32. The smallest absolute Gasteiger partial charge is 0.323 e. The summed E-state index contributed by atoms with van der Waals surface area (Å²) in [5, 5.41) is 8.51. The molecule has 0 aliphatic heterocycles. The molecule has 0 bridgehead atoms. The van der Waals surface area contributed by atoms with E-state index in [1.54, 1.807) is 0 Å². The summed E-state index contributed by atoms with van der Waals surface area (Å²) in [6, 6.07) is 3.47. The van der Waals surface area contributed by atoms with E-state index in [-0.39, 0.29) is 17.1 Å². The molecular formula is C12H11ClFNO3. The minimum Gasteiger partial charge on any atom is -0.480 e. The molecule has 18 heavy (non-hydrogen) atoms. The third-order valence-corrected chi connectivity index (χ3v) is 2.42. The van der Waals surface area contributed by atoms with Crippen LogP contribution >= 0.6 is 11.6 Å². The normalized spacial score (nSPS) is 9.89. The zero-order valence-electron chi connectivity index (χ0n) is 9.40. The maximum atomic E-state index is 13.0. The molecule has 4 nitrogen and oxygen atoms in total. The fraction of sp³-hybridized carbons (Fsp3) is 0.167. The van der Waals surface area contributed by atoms with Gasteiger partial charge < -0.3 is 10.0 Å². The second-order valence-corrected chi connectivity index (χ2v) is 3.90. The number of carboxylic acid groups (broad SMARTS) is 1. The number of nitrogens with zero attached hydrogens (tertiary/aromatic N) is 1. The highest BCUT2D eigenvalue weighted by molar-refractivity contribution is 6.31. The van der Waals surface area contributed by atoms with E-state index in [1.807, 2.05) is 0 Å². The van der Waals surface area contributed by atoms with Crippen molar-refractivity contribution >= 4 is 23.5 Å². The number of carboxylic acids is 1. The highest BCUT2D eigenvalue weighted by Gasteiger charge is 2.18. The van der Waals surface area contributed by atoms with E-state index in [1.165, 1.54) is 12.1 Å². The molecule has 0 fully saturated rings. The molecule has 0 heterocycles. The summed E-state index contributed by atoms with van der Waals surface area (Å²) in [4.78, 5) is 23.7. The fourth-order valence-corrected chi connectivity index (χ4v) is 1.53. The van der Waals surface area contributed by atoms with Crippen LogP contribution in [0.1, 0.15) is 10.4 Å². The van der Waals surface area contributed by atoms with Crippen molar-refractivity contribution in [2.75, 3.05) is 13.1 Å². The van der Waals surface area contributed by atoms with Crippen LogP contribution in [0, 0.1) is 5.82 Å². The first-order valence-corrected chi connectivity index (χ1v) is 5.40. The van der Waals surface area contributed by atoms with Crippen LogP contribution in [0.25, 0.3) is 0 Å². The third-order valence-electron chi connectivity index (χ3n) is 2.13. The van der Waals surface area contributed by atoms with Crippen molar-refractivity contribution in [2.45, 2.75) is 0 Å². The zero-order valence-corrected chi connectivity index (χ0v) is 10.2.